The molecule has 0 bridgehead atoms. The van der Waals surface area contributed by atoms with Gasteiger partial charge >= 0.3 is 0 Å². The van der Waals surface area contributed by atoms with Crippen molar-refractivity contribution in [1.29, 1.82) is 0 Å². The average molecular weight is 395 g/mol. The first kappa shape index (κ1) is 21.3. The lowest BCUT2D eigenvalue weighted by Crippen LogP contribution is -2.29. The maximum absolute atomic E-state index is 10.9. The van der Waals surface area contributed by atoms with Crippen LogP contribution in [0.4, 0.5) is 0 Å². The summed E-state index contributed by atoms with van der Waals surface area (Å²) in [6.45, 7) is 5.13. The molecule has 138 valence electrons. The Hall–Kier alpha value is -0.756. The zero-order valence-corrected chi connectivity index (χ0v) is 18.1. The normalized spacial score (nSPS) is 13.8. The molecule has 10 heteroatoms. The van der Waals surface area contributed by atoms with Gasteiger partial charge in [0.2, 0.25) is 0 Å². The van der Waals surface area contributed by atoms with Crippen molar-refractivity contribution in [2.75, 3.05) is 19.8 Å². The first-order valence-corrected chi connectivity index (χ1v) is 13.0. The Morgan fingerprint density at radius 3 is 2.38 bits per heavy atom. The van der Waals surface area contributed by atoms with E-state index in [1.807, 2.05) is 0 Å². The lowest BCUT2D eigenvalue weighted by Gasteiger charge is -2.20. The van der Waals surface area contributed by atoms with Crippen molar-refractivity contribution >= 4 is 28.9 Å². The highest BCUT2D eigenvalue weighted by Crippen LogP contribution is 2.16. The van der Waals surface area contributed by atoms with Crippen LogP contribution < -0.4 is 4.74 Å². The fourth-order valence-corrected chi connectivity index (χ4v) is 4.16. The van der Waals surface area contributed by atoms with Gasteiger partial charge in [-0.05, 0) is 49.8 Å². The molecule has 0 heterocycles. The number of rotatable bonds is 11. The molecule has 24 heavy (non-hydrogen) atoms. The Bertz CT molecular complexity index is 590. The van der Waals surface area contributed by atoms with Gasteiger partial charge in [-0.1, -0.05) is 0 Å². The zero-order valence-electron chi connectivity index (χ0n) is 14.3. The molecule has 1 atom stereocenters. The molecular weight excluding hydrogens is 368 g/mol. The van der Waals surface area contributed by atoms with E-state index in [4.69, 9.17) is 18.1 Å². The summed E-state index contributed by atoms with van der Waals surface area (Å²) in [6.07, 6.45) is 0.137. The number of aliphatic hydroxyl groups excluding tert-OH is 1. The van der Waals surface area contributed by atoms with Crippen LogP contribution in [0.2, 0.25) is 19.1 Å². The molecule has 0 spiro atoms. The largest absolute Gasteiger partial charge is 0.491 e. The quantitative estimate of drug-likeness (QED) is 0.321. The Balaban J connectivity index is 2.23. The van der Waals surface area contributed by atoms with Crippen molar-refractivity contribution in [2.45, 2.75) is 36.6 Å². The Kier molecular flexibility index (Phi) is 8.56. The summed E-state index contributed by atoms with van der Waals surface area (Å²) >= 11 is 0. The topological polar surface area (TPSA) is 102 Å². The molecule has 7 nitrogen and oxygen atoms in total. The summed E-state index contributed by atoms with van der Waals surface area (Å²) in [7, 11) is -4.94. The van der Waals surface area contributed by atoms with Crippen LogP contribution in [-0.4, -0.2) is 62.8 Å². The maximum Gasteiger partial charge on any atom is 0.294 e. The summed E-state index contributed by atoms with van der Waals surface area (Å²) < 4.78 is 47.1. The van der Waals surface area contributed by atoms with Crippen molar-refractivity contribution in [3.63, 3.8) is 0 Å². The van der Waals surface area contributed by atoms with E-state index >= 15 is 0 Å². The number of hydrogen-bond acceptors (Lipinski definition) is 6. The third-order valence-electron chi connectivity index (χ3n) is 3.49. The smallest absolute Gasteiger partial charge is 0.294 e. The highest BCUT2D eigenvalue weighted by atomic mass is 32.2. The van der Waals surface area contributed by atoms with Crippen LogP contribution in [0.3, 0.4) is 0 Å². The zero-order chi connectivity index (χ0) is 18.2. The van der Waals surface area contributed by atoms with Crippen LogP contribution in [0, 0.1) is 0 Å². The third kappa shape index (κ3) is 8.37. The van der Waals surface area contributed by atoms with Crippen molar-refractivity contribution in [2.24, 2.45) is 0 Å². The van der Waals surface area contributed by atoms with Crippen LogP contribution >= 0.6 is 0 Å². The molecule has 1 aromatic rings. The second-order valence-electron chi connectivity index (χ2n) is 6.05. The SMILES string of the molecule is C[Si](C)(CCCOCC(O)COc1ccc(S(=O)(=O)O)cc1)O[SiH3]. The predicted octanol–water partition coefficient (Wildman–Crippen LogP) is 0.582. The van der Waals surface area contributed by atoms with Crippen LogP contribution in [0.5, 0.6) is 5.75 Å². The molecule has 0 aromatic heterocycles. The minimum atomic E-state index is -4.21. The summed E-state index contributed by atoms with van der Waals surface area (Å²) in [5.74, 6) is 0.401. The number of aliphatic hydroxyl groups is 1. The lowest BCUT2D eigenvalue weighted by atomic mass is 10.3. The van der Waals surface area contributed by atoms with Gasteiger partial charge in [0.1, 0.15) is 28.9 Å². The second kappa shape index (κ2) is 9.66. The summed E-state index contributed by atoms with van der Waals surface area (Å²) in [4.78, 5) is -0.205. The van der Waals surface area contributed by atoms with Gasteiger partial charge in [0.25, 0.3) is 10.1 Å². The maximum atomic E-state index is 10.9. The summed E-state index contributed by atoms with van der Waals surface area (Å²) in [6, 6.07) is 6.33. The minimum Gasteiger partial charge on any atom is -0.491 e. The van der Waals surface area contributed by atoms with Gasteiger partial charge in [-0.15, -0.1) is 0 Å². The molecule has 0 aliphatic rings. The molecule has 1 unspecified atom stereocenters. The van der Waals surface area contributed by atoms with Gasteiger partial charge in [-0.3, -0.25) is 4.55 Å². The highest BCUT2D eigenvalue weighted by molar-refractivity contribution is 7.85. The van der Waals surface area contributed by atoms with E-state index < -0.39 is 24.5 Å². The molecule has 2 N–H and O–H groups in total. The molecule has 0 aliphatic carbocycles. The molecule has 0 fully saturated rings. The van der Waals surface area contributed by atoms with E-state index in [0.29, 0.717) is 12.4 Å². The van der Waals surface area contributed by atoms with Gasteiger partial charge in [0.15, 0.2) is 8.32 Å². The molecule has 0 saturated heterocycles. The van der Waals surface area contributed by atoms with Crippen LogP contribution in [0.1, 0.15) is 6.42 Å². The molecular formula is C14H26O7SSi2. The van der Waals surface area contributed by atoms with Gasteiger partial charge in [-0.25, -0.2) is 0 Å². The standard InChI is InChI=1S/C14H26O7SSi2/c1-24(2,21-23)9-3-8-19-10-12(15)11-20-13-4-6-14(7-5-13)22(16,17)18/h4-7,12,15H,3,8-11H2,1-2,23H3,(H,16,17,18). The number of ether oxygens (including phenoxy) is 2. The van der Waals surface area contributed by atoms with Gasteiger partial charge in [-0.2, -0.15) is 8.42 Å². The van der Waals surface area contributed by atoms with Crippen molar-refractivity contribution in [3.8, 4) is 5.75 Å². The first-order valence-electron chi connectivity index (χ1n) is 7.65. The highest BCUT2D eigenvalue weighted by Gasteiger charge is 2.18. The lowest BCUT2D eigenvalue weighted by molar-refractivity contribution is 0.0122. The predicted molar refractivity (Wildman–Crippen MR) is 96.5 cm³/mol. The summed E-state index contributed by atoms with van der Waals surface area (Å²) in [5, 5.41) is 9.80. The second-order valence-corrected chi connectivity index (χ2v) is 13.1. The van der Waals surface area contributed by atoms with Gasteiger partial charge in [0.05, 0.1) is 11.5 Å². The van der Waals surface area contributed by atoms with Crippen molar-refractivity contribution in [3.05, 3.63) is 24.3 Å². The number of hydrogen-bond donors (Lipinski definition) is 2. The molecule has 0 radical (unpaired) electrons. The van der Waals surface area contributed by atoms with E-state index in [0.717, 1.165) is 23.0 Å². The molecule has 0 aliphatic heterocycles. The average Bonchev–Trinajstić information content (AvgIpc) is 2.52. The van der Waals surface area contributed by atoms with E-state index in [9.17, 15) is 13.5 Å². The van der Waals surface area contributed by atoms with E-state index in [2.05, 4.69) is 13.1 Å². The van der Waals surface area contributed by atoms with Crippen LogP contribution in [0.25, 0.3) is 0 Å². The van der Waals surface area contributed by atoms with Gasteiger partial charge < -0.3 is 18.7 Å². The van der Waals surface area contributed by atoms with Crippen LogP contribution in [-0.2, 0) is 19.0 Å². The molecule has 1 aromatic carbocycles. The fraction of sp³-hybridized carbons (Fsp3) is 0.571. The monoisotopic (exact) mass is 394 g/mol. The Labute approximate surface area is 147 Å². The Morgan fingerprint density at radius 2 is 1.83 bits per heavy atom. The third-order valence-corrected chi connectivity index (χ3v) is 10.3. The van der Waals surface area contributed by atoms with Crippen molar-refractivity contribution < 1.29 is 31.7 Å². The van der Waals surface area contributed by atoms with E-state index in [1.54, 1.807) is 0 Å². The summed E-state index contributed by atoms with van der Waals surface area (Å²) in [5.41, 5.74) is 0. The molecule has 0 saturated carbocycles. The van der Waals surface area contributed by atoms with Gasteiger partial charge in [0, 0.05) is 6.61 Å². The molecule has 1 rings (SSSR count). The fourth-order valence-electron chi connectivity index (χ4n) is 1.87. The van der Waals surface area contributed by atoms with E-state index in [-0.39, 0.29) is 18.1 Å². The minimum absolute atomic E-state index is 0.0368. The Morgan fingerprint density at radius 1 is 1.21 bits per heavy atom. The number of benzene rings is 1. The van der Waals surface area contributed by atoms with E-state index in [1.165, 1.54) is 24.3 Å². The van der Waals surface area contributed by atoms with Crippen LogP contribution in [0.15, 0.2) is 29.2 Å². The molecule has 0 amide bonds. The van der Waals surface area contributed by atoms with Crippen molar-refractivity contribution in [1.82, 2.24) is 0 Å². The first-order chi connectivity index (χ1) is 11.1.